The topological polar surface area (TPSA) is 12.0 Å². The zero-order chi connectivity index (χ0) is 14.7. The maximum absolute atomic E-state index is 3.58. The molecule has 2 unspecified atom stereocenters. The molecule has 1 nitrogen and oxygen atoms in total. The van der Waals surface area contributed by atoms with Gasteiger partial charge in [0.15, 0.2) is 0 Å². The maximum atomic E-state index is 3.58. The van der Waals surface area contributed by atoms with Gasteiger partial charge in [-0.25, -0.2) is 0 Å². The van der Waals surface area contributed by atoms with Gasteiger partial charge in [0.2, 0.25) is 0 Å². The van der Waals surface area contributed by atoms with Gasteiger partial charge in [0.05, 0.1) is 0 Å². The van der Waals surface area contributed by atoms with Gasteiger partial charge in [-0.2, -0.15) is 0 Å². The molecule has 0 bridgehead atoms. The Bertz CT molecular complexity index is 585. The third-order valence-corrected chi connectivity index (χ3v) is 4.85. The van der Waals surface area contributed by atoms with Gasteiger partial charge >= 0.3 is 0 Å². The average molecular weight is 279 g/mol. The van der Waals surface area contributed by atoms with Gasteiger partial charge < -0.3 is 5.32 Å². The van der Waals surface area contributed by atoms with Crippen LogP contribution in [0.5, 0.6) is 0 Å². The second kappa shape index (κ2) is 6.44. The molecule has 1 aliphatic rings. The summed E-state index contributed by atoms with van der Waals surface area (Å²) < 4.78 is 0. The van der Waals surface area contributed by atoms with Crippen LogP contribution in [0.4, 0.5) is 0 Å². The molecule has 3 rings (SSSR count). The number of nitrogens with one attached hydrogen (secondary N) is 1. The molecule has 0 aliphatic heterocycles. The molecule has 0 aromatic heterocycles. The Morgan fingerprint density at radius 3 is 2.62 bits per heavy atom. The molecular formula is C20H25N. The average Bonchev–Trinajstić information content (AvgIpc) is 2.54. The van der Waals surface area contributed by atoms with Gasteiger partial charge in [0.25, 0.3) is 0 Å². The van der Waals surface area contributed by atoms with Crippen LogP contribution in [0.15, 0.2) is 48.5 Å². The summed E-state index contributed by atoms with van der Waals surface area (Å²) in [5.74, 6) is 0.640. The van der Waals surface area contributed by atoms with Crippen LogP contribution in [0.3, 0.4) is 0 Å². The molecule has 0 spiro atoms. The van der Waals surface area contributed by atoms with E-state index in [4.69, 9.17) is 0 Å². The van der Waals surface area contributed by atoms with Gasteiger partial charge in [0.1, 0.15) is 0 Å². The SMILES string of the molecule is CNC(Cc1ccc(C)cc1)C1CCCc2ccccc21. The molecule has 1 heteroatoms. The molecule has 0 fully saturated rings. The highest BCUT2D eigenvalue weighted by molar-refractivity contribution is 5.34. The van der Waals surface area contributed by atoms with Gasteiger partial charge in [-0.3, -0.25) is 0 Å². The molecule has 0 radical (unpaired) electrons. The van der Waals surface area contributed by atoms with Gasteiger partial charge in [-0.15, -0.1) is 0 Å². The second-order valence-electron chi connectivity index (χ2n) is 6.28. The van der Waals surface area contributed by atoms with Crippen LogP contribution >= 0.6 is 0 Å². The second-order valence-corrected chi connectivity index (χ2v) is 6.28. The number of fused-ring (bicyclic) bond motifs is 1. The Labute approximate surface area is 128 Å². The first kappa shape index (κ1) is 14.3. The van der Waals surface area contributed by atoms with Gasteiger partial charge in [-0.05, 0) is 62.3 Å². The Kier molecular flexibility index (Phi) is 4.40. The van der Waals surface area contributed by atoms with Crippen molar-refractivity contribution in [2.75, 3.05) is 7.05 Å². The van der Waals surface area contributed by atoms with E-state index in [0.717, 1.165) is 6.42 Å². The van der Waals surface area contributed by atoms with Crippen LogP contribution in [0.2, 0.25) is 0 Å². The van der Waals surface area contributed by atoms with E-state index in [1.54, 1.807) is 11.1 Å². The van der Waals surface area contributed by atoms with Crippen LogP contribution in [0.1, 0.15) is 41.0 Å². The minimum absolute atomic E-state index is 0.522. The fourth-order valence-corrected chi connectivity index (χ4v) is 3.63. The number of benzene rings is 2. The summed E-state index contributed by atoms with van der Waals surface area (Å²) in [4.78, 5) is 0. The van der Waals surface area contributed by atoms with Gasteiger partial charge in [0, 0.05) is 6.04 Å². The van der Waals surface area contributed by atoms with Crippen molar-refractivity contribution in [3.05, 3.63) is 70.8 Å². The van der Waals surface area contributed by atoms with Gasteiger partial charge in [-0.1, -0.05) is 54.1 Å². The van der Waals surface area contributed by atoms with E-state index in [1.807, 2.05) is 0 Å². The first-order valence-electron chi connectivity index (χ1n) is 8.08. The van der Waals surface area contributed by atoms with Crippen molar-refractivity contribution >= 4 is 0 Å². The van der Waals surface area contributed by atoms with Crippen molar-refractivity contribution in [2.24, 2.45) is 0 Å². The van der Waals surface area contributed by atoms with Crippen LogP contribution in [-0.2, 0) is 12.8 Å². The van der Waals surface area contributed by atoms with E-state index in [2.05, 4.69) is 67.8 Å². The number of rotatable bonds is 4. The molecule has 0 saturated carbocycles. The summed E-state index contributed by atoms with van der Waals surface area (Å²) in [6.45, 7) is 2.15. The van der Waals surface area contributed by atoms with E-state index < -0.39 is 0 Å². The first-order chi connectivity index (χ1) is 10.3. The molecule has 21 heavy (non-hydrogen) atoms. The molecular weight excluding hydrogens is 254 g/mol. The zero-order valence-corrected chi connectivity index (χ0v) is 13.1. The molecule has 2 aromatic rings. The van der Waals surface area contributed by atoms with Crippen LogP contribution < -0.4 is 5.32 Å². The van der Waals surface area contributed by atoms with Crippen molar-refractivity contribution in [3.8, 4) is 0 Å². The van der Waals surface area contributed by atoms with E-state index in [9.17, 15) is 0 Å². The summed E-state index contributed by atoms with van der Waals surface area (Å²) in [6.07, 6.45) is 4.96. The Morgan fingerprint density at radius 2 is 1.86 bits per heavy atom. The van der Waals surface area contributed by atoms with Crippen molar-refractivity contribution in [1.29, 1.82) is 0 Å². The number of hydrogen-bond acceptors (Lipinski definition) is 1. The van der Waals surface area contributed by atoms with Crippen molar-refractivity contribution in [1.82, 2.24) is 5.32 Å². The highest BCUT2D eigenvalue weighted by atomic mass is 14.9. The molecule has 110 valence electrons. The number of hydrogen-bond donors (Lipinski definition) is 1. The van der Waals surface area contributed by atoms with Crippen LogP contribution in [0.25, 0.3) is 0 Å². The minimum atomic E-state index is 0.522. The van der Waals surface area contributed by atoms with Crippen LogP contribution in [0, 0.1) is 6.92 Å². The first-order valence-corrected chi connectivity index (χ1v) is 8.08. The third-order valence-electron chi connectivity index (χ3n) is 4.85. The molecule has 2 aromatic carbocycles. The fraction of sp³-hybridized carbons (Fsp3) is 0.400. The van der Waals surface area contributed by atoms with Crippen molar-refractivity contribution < 1.29 is 0 Å². The predicted octanol–water partition coefficient (Wildman–Crippen LogP) is 4.25. The lowest BCUT2D eigenvalue weighted by atomic mass is 9.77. The quantitative estimate of drug-likeness (QED) is 0.882. The molecule has 0 heterocycles. The van der Waals surface area contributed by atoms with Crippen molar-refractivity contribution in [2.45, 2.75) is 44.6 Å². The maximum Gasteiger partial charge on any atom is 0.0173 e. The normalized spacial score (nSPS) is 19.0. The standard InChI is InChI=1S/C20H25N/c1-15-10-12-16(13-11-15)14-20(21-2)19-9-5-7-17-6-3-4-8-18(17)19/h3-4,6,8,10-13,19-21H,5,7,9,14H2,1-2H3. The summed E-state index contributed by atoms with van der Waals surface area (Å²) in [6, 6.07) is 18.5. The molecule has 1 N–H and O–H groups in total. The van der Waals surface area contributed by atoms with E-state index in [-0.39, 0.29) is 0 Å². The monoisotopic (exact) mass is 279 g/mol. The van der Waals surface area contributed by atoms with E-state index in [1.165, 1.54) is 30.4 Å². The molecule has 0 amide bonds. The van der Waals surface area contributed by atoms with E-state index >= 15 is 0 Å². The molecule has 1 aliphatic carbocycles. The highest BCUT2D eigenvalue weighted by Gasteiger charge is 2.26. The third kappa shape index (κ3) is 3.19. The predicted molar refractivity (Wildman–Crippen MR) is 89.9 cm³/mol. The lowest BCUT2D eigenvalue weighted by molar-refractivity contribution is 0.411. The summed E-state index contributed by atoms with van der Waals surface area (Å²) in [5, 5.41) is 3.58. The van der Waals surface area contributed by atoms with E-state index in [0.29, 0.717) is 12.0 Å². The summed E-state index contributed by atoms with van der Waals surface area (Å²) >= 11 is 0. The Morgan fingerprint density at radius 1 is 1.10 bits per heavy atom. The summed E-state index contributed by atoms with van der Waals surface area (Å²) in [7, 11) is 2.11. The molecule has 2 atom stereocenters. The number of aryl methyl sites for hydroxylation is 2. The summed E-state index contributed by atoms with van der Waals surface area (Å²) in [5.41, 5.74) is 5.89. The fourth-order valence-electron chi connectivity index (χ4n) is 3.63. The Balaban J connectivity index is 1.82. The van der Waals surface area contributed by atoms with Crippen LogP contribution in [-0.4, -0.2) is 13.1 Å². The van der Waals surface area contributed by atoms with Crippen molar-refractivity contribution in [3.63, 3.8) is 0 Å². The lowest BCUT2D eigenvalue weighted by Gasteiger charge is -2.32. The smallest absolute Gasteiger partial charge is 0.0173 e. The Hall–Kier alpha value is -1.60. The zero-order valence-electron chi connectivity index (χ0n) is 13.1. The lowest BCUT2D eigenvalue weighted by Crippen LogP contribution is -2.36. The largest absolute Gasteiger partial charge is 0.316 e. The number of likely N-dealkylation sites (N-methyl/N-ethyl adjacent to an activating group) is 1. The molecule has 0 saturated heterocycles. The highest BCUT2D eigenvalue weighted by Crippen LogP contribution is 2.34. The minimum Gasteiger partial charge on any atom is -0.316 e.